The fourth-order valence-corrected chi connectivity index (χ4v) is 1.54. The summed E-state index contributed by atoms with van der Waals surface area (Å²) in [6.45, 7) is 5.51. The van der Waals surface area contributed by atoms with E-state index in [1.54, 1.807) is 50.0 Å². The maximum Gasteiger partial charge on any atom is 0.374 e. The fraction of sp³-hybridized carbons (Fsp3) is 0.400. The normalized spacial score (nSPS) is 11.4. The summed E-state index contributed by atoms with van der Waals surface area (Å²) >= 11 is 0. The number of rotatable bonds is 5. The molecular weight excluding hydrogens is 272 g/mol. The van der Waals surface area contributed by atoms with Gasteiger partial charge in [0.25, 0.3) is 0 Å². The van der Waals surface area contributed by atoms with Crippen LogP contribution < -0.4 is 0 Å². The minimum Gasteiger partial charge on any atom is -0.452 e. The molecule has 0 unspecified atom stereocenters. The van der Waals surface area contributed by atoms with Crippen molar-refractivity contribution in [3.63, 3.8) is 0 Å². The number of Topliss-reactive ketones (excluding diaryl/α,β-unsaturated/α-hetero) is 1. The first kappa shape index (κ1) is 15.0. The van der Waals surface area contributed by atoms with Crippen LogP contribution in [0.3, 0.4) is 0 Å². The van der Waals surface area contributed by atoms with Crippen LogP contribution in [0.25, 0.3) is 0 Å². The molecule has 0 N–H and O–H groups in total. The summed E-state index contributed by atoms with van der Waals surface area (Å²) in [5.74, 6) is -0.106. The number of furan rings is 1. The number of hydrogen-bond acceptors (Lipinski definition) is 5. The zero-order valence-electron chi connectivity index (χ0n) is 12.3. The average molecular weight is 290 g/mol. The summed E-state index contributed by atoms with van der Waals surface area (Å²) in [5.41, 5.74) is -0.533. The average Bonchev–Trinajstić information content (AvgIpc) is 3.06. The molecule has 0 bridgehead atoms. The molecule has 0 radical (unpaired) electrons. The highest BCUT2D eigenvalue weighted by Crippen LogP contribution is 2.15. The lowest BCUT2D eigenvalue weighted by Crippen LogP contribution is -2.26. The molecule has 0 saturated heterocycles. The summed E-state index contributed by atoms with van der Waals surface area (Å²) in [5, 5.41) is 4.05. The number of carbonyl (C=O) groups excluding carboxylic acids is 2. The quantitative estimate of drug-likeness (QED) is 0.790. The molecule has 0 spiro atoms. The molecule has 0 fully saturated rings. The van der Waals surface area contributed by atoms with E-state index in [1.165, 1.54) is 6.07 Å². The Morgan fingerprint density at radius 3 is 2.71 bits per heavy atom. The van der Waals surface area contributed by atoms with Gasteiger partial charge in [0.05, 0.1) is 6.54 Å². The van der Waals surface area contributed by atoms with Gasteiger partial charge in [-0.25, -0.2) is 4.79 Å². The van der Waals surface area contributed by atoms with Crippen molar-refractivity contribution in [2.24, 2.45) is 5.41 Å². The van der Waals surface area contributed by atoms with E-state index in [-0.39, 0.29) is 18.2 Å². The second-order valence-electron chi connectivity index (χ2n) is 5.72. The molecule has 112 valence electrons. The van der Waals surface area contributed by atoms with Crippen molar-refractivity contribution in [1.29, 1.82) is 0 Å². The Morgan fingerprint density at radius 1 is 1.33 bits per heavy atom. The van der Waals surface area contributed by atoms with Crippen molar-refractivity contribution in [1.82, 2.24) is 9.78 Å². The molecule has 0 aliphatic rings. The molecule has 0 aliphatic carbocycles. The monoisotopic (exact) mass is 290 g/mol. The fourth-order valence-electron chi connectivity index (χ4n) is 1.54. The van der Waals surface area contributed by atoms with E-state index >= 15 is 0 Å². The topological polar surface area (TPSA) is 74.3 Å². The Bertz CT molecular complexity index is 620. The lowest BCUT2D eigenvalue weighted by atomic mass is 9.91. The zero-order chi connectivity index (χ0) is 15.5. The third-order valence-electron chi connectivity index (χ3n) is 2.91. The molecule has 21 heavy (non-hydrogen) atoms. The maximum absolute atomic E-state index is 11.8. The van der Waals surface area contributed by atoms with E-state index in [1.807, 2.05) is 0 Å². The maximum atomic E-state index is 11.8. The van der Waals surface area contributed by atoms with E-state index in [9.17, 15) is 9.59 Å². The molecule has 0 aliphatic heterocycles. The summed E-state index contributed by atoms with van der Waals surface area (Å²) < 4.78 is 12.0. The predicted molar refractivity (Wildman–Crippen MR) is 74.8 cm³/mol. The number of ketones is 1. The molecule has 0 saturated carbocycles. The Kier molecular flexibility index (Phi) is 4.26. The van der Waals surface area contributed by atoms with Gasteiger partial charge in [0.2, 0.25) is 5.76 Å². The smallest absolute Gasteiger partial charge is 0.374 e. The number of esters is 1. The molecule has 2 heterocycles. The summed E-state index contributed by atoms with van der Waals surface area (Å²) in [7, 11) is 0. The van der Waals surface area contributed by atoms with Crippen molar-refractivity contribution < 1.29 is 18.7 Å². The van der Waals surface area contributed by atoms with Gasteiger partial charge in [0.1, 0.15) is 5.76 Å². The molecule has 2 aromatic heterocycles. The van der Waals surface area contributed by atoms with E-state index in [2.05, 4.69) is 5.10 Å². The van der Waals surface area contributed by atoms with Crippen LogP contribution in [0.15, 0.2) is 35.0 Å². The van der Waals surface area contributed by atoms with Crippen LogP contribution in [0.5, 0.6) is 0 Å². The van der Waals surface area contributed by atoms with E-state index in [0.717, 1.165) is 0 Å². The zero-order valence-corrected chi connectivity index (χ0v) is 12.3. The van der Waals surface area contributed by atoms with Crippen LogP contribution in [0.2, 0.25) is 0 Å². The van der Waals surface area contributed by atoms with E-state index in [4.69, 9.17) is 9.15 Å². The molecular formula is C15H18N2O4. The number of carbonyl (C=O) groups is 2. The Hall–Kier alpha value is -2.37. The van der Waals surface area contributed by atoms with Gasteiger partial charge in [-0.2, -0.15) is 5.10 Å². The van der Waals surface area contributed by atoms with Crippen molar-refractivity contribution in [3.8, 4) is 0 Å². The first-order valence-corrected chi connectivity index (χ1v) is 6.63. The Labute approximate surface area is 122 Å². The van der Waals surface area contributed by atoms with Crippen LogP contribution in [0.1, 0.15) is 37.1 Å². The van der Waals surface area contributed by atoms with Gasteiger partial charge >= 0.3 is 5.97 Å². The van der Waals surface area contributed by atoms with Crippen molar-refractivity contribution in [2.75, 3.05) is 6.61 Å². The second-order valence-corrected chi connectivity index (χ2v) is 5.72. The predicted octanol–water partition coefficient (Wildman–Crippen LogP) is 2.30. The first-order valence-electron chi connectivity index (χ1n) is 6.63. The summed E-state index contributed by atoms with van der Waals surface area (Å²) in [6, 6.07) is 5.02. The van der Waals surface area contributed by atoms with E-state index < -0.39 is 11.4 Å². The lowest BCUT2D eigenvalue weighted by Gasteiger charge is -2.15. The SMILES string of the molecule is CC(C)(C)C(=O)COC(=O)c1ccc(Cn2cccn2)o1. The number of nitrogens with zero attached hydrogens (tertiary/aromatic N) is 2. The molecule has 0 aromatic carbocycles. The van der Waals surface area contributed by atoms with Gasteiger partial charge in [-0.15, -0.1) is 0 Å². The third kappa shape index (κ3) is 4.05. The van der Waals surface area contributed by atoms with Crippen molar-refractivity contribution >= 4 is 11.8 Å². The summed E-state index contributed by atoms with van der Waals surface area (Å²) in [6.07, 6.45) is 3.46. The first-order chi connectivity index (χ1) is 9.86. The number of aromatic nitrogens is 2. The lowest BCUT2D eigenvalue weighted by molar-refractivity contribution is -0.129. The van der Waals surface area contributed by atoms with Crippen LogP contribution >= 0.6 is 0 Å². The van der Waals surface area contributed by atoms with Crippen LogP contribution in [0, 0.1) is 5.41 Å². The van der Waals surface area contributed by atoms with Gasteiger partial charge in [-0.05, 0) is 18.2 Å². The van der Waals surface area contributed by atoms with Gasteiger partial charge in [0.15, 0.2) is 12.4 Å². The highest BCUT2D eigenvalue weighted by atomic mass is 16.5. The molecule has 2 aromatic rings. The van der Waals surface area contributed by atoms with Gasteiger partial charge in [-0.1, -0.05) is 20.8 Å². The van der Waals surface area contributed by atoms with Crippen LogP contribution in [-0.2, 0) is 16.1 Å². The standard InChI is InChI=1S/C15H18N2O4/c1-15(2,3)13(18)10-20-14(19)12-6-5-11(21-12)9-17-8-4-7-16-17/h4-8H,9-10H2,1-3H3. The van der Waals surface area contributed by atoms with Gasteiger partial charge in [0, 0.05) is 17.8 Å². The van der Waals surface area contributed by atoms with Crippen LogP contribution in [-0.4, -0.2) is 28.1 Å². The van der Waals surface area contributed by atoms with Crippen LogP contribution in [0.4, 0.5) is 0 Å². The highest BCUT2D eigenvalue weighted by Gasteiger charge is 2.23. The summed E-state index contributed by atoms with van der Waals surface area (Å²) in [4.78, 5) is 23.5. The molecule has 6 nitrogen and oxygen atoms in total. The second kappa shape index (κ2) is 5.95. The molecule has 0 amide bonds. The Balaban J connectivity index is 1.92. The Morgan fingerprint density at radius 2 is 2.10 bits per heavy atom. The highest BCUT2D eigenvalue weighted by molar-refractivity contribution is 5.90. The van der Waals surface area contributed by atoms with Crippen molar-refractivity contribution in [3.05, 3.63) is 42.1 Å². The number of ether oxygens (including phenoxy) is 1. The van der Waals surface area contributed by atoms with Crippen molar-refractivity contribution in [2.45, 2.75) is 27.3 Å². The van der Waals surface area contributed by atoms with Gasteiger partial charge < -0.3 is 9.15 Å². The molecule has 2 rings (SSSR count). The molecule has 0 atom stereocenters. The minimum atomic E-state index is -0.640. The minimum absolute atomic E-state index is 0.0823. The van der Waals surface area contributed by atoms with Gasteiger partial charge in [-0.3, -0.25) is 9.48 Å². The third-order valence-corrected chi connectivity index (χ3v) is 2.91. The number of hydrogen-bond donors (Lipinski definition) is 0. The van der Waals surface area contributed by atoms with E-state index in [0.29, 0.717) is 12.3 Å². The largest absolute Gasteiger partial charge is 0.452 e. The molecule has 6 heteroatoms.